The number of anilines is 1. The summed E-state index contributed by atoms with van der Waals surface area (Å²) in [5.41, 5.74) is 0.939. The number of amides is 2. The fourth-order valence-electron chi connectivity index (χ4n) is 2.89. The first kappa shape index (κ1) is 19.0. The average Bonchev–Trinajstić information content (AvgIpc) is 2.61. The molecule has 0 aromatic heterocycles. The van der Waals surface area contributed by atoms with E-state index < -0.39 is 12.0 Å². The van der Waals surface area contributed by atoms with Crippen LogP contribution in [0.4, 0.5) is 14.9 Å². The lowest BCUT2D eigenvalue weighted by Gasteiger charge is -2.36. The smallest absolute Gasteiger partial charge is 0.328 e. The largest absolute Gasteiger partial charge is 0.467 e. The van der Waals surface area contributed by atoms with Crippen LogP contribution in [0.2, 0.25) is 0 Å². The maximum Gasteiger partial charge on any atom is 0.328 e. The lowest BCUT2D eigenvalue weighted by molar-refractivity contribution is -0.143. The Labute approximate surface area is 147 Å². The van der Waals surface area contributed by atoms with Crippen LogP contribution in [0, 0.1) is 11.7 Å². The van der Waals surface area contributed by atoms with Crippen molar-refractivity contribution in [2.24, 2.45) is 5.92 Å². The summed E-state index contributed by atoms with van der Waals surface area (Å²) < 4.78 is 17.8. The summed E-state index contributed by atoms with van der Waals surface area (Å²) >= 11 is 0. The molecule has 2 amide bonds. The predicted octanol–water partition coefficient (Wildman–Crippen LogP) is 2.25. The van der Waals surface area contributed by atoms with Gasteiger partial charge in [0.15, 0.2) is 0 Å². The summed E-state index contributed by atoms with van der Waals surface area (Å²) in [5.74, 6) is -0.424. The molecule has 25 heavy (non-hydrogen) atoms. The topological polar surface area (TPSA) is 61.9 Å². The fraction of sp³-hybridized carbons (Fsp3) is 0.556. The number of carbonyl (C=O) groups excluding carboxylic acids is 2. The molecule has 1 unspecified atom stereocenters. The Morgan fingerprint density at radius 2 is 1.76 bits per heavy atom. The molecule has 0 bridgehead atoms. The molecule has 0 radical (unpaired) electrons. The van der Waals surface area contributed by atoms with Crippen molar-refractivity contribution in [3.8, 4) is 0 Å². The van der Waals surface area contributed by atoms with Crippen LogP contribution in [0.15, 0.2) is 24.3 Å². The lowest BCUT2D eigenvalue weighted by Crippen LogP contribution is -2.55. The molecule has 7 heteroatoms. The van der Waals surface area contributed by atoms with E-state index in [9.17, 15) is 14.0 Å². The highest BCUT2D eigenvalue weighted by molar-refractivity contribution is 5.83. The maximum absolute atomic E-state index is 13.0. The van der Waals surface area contributed by atoms with Crippen LogP contribution < -0.4 is 10.2 Å². The van der Waals surface area contributed by atoms with Crippen molar-refractivity contribution < 1.29 is 18.7 Å². The molecule has 1 fully saturated rings. The normalized spacial score (nSPS) is 15.9. The van der Waals surface area contributed by atoms with E-state index >= 15 is 0 Å². The third kappa shape index (κ3) is 5.34. The van der Waals surface area contributed by atoms with Gasteiger partial charge in [0.05, 0.1) is 7.11 Å². The van der Waals surface area contributed by atoms with Crippen LogP contribution in [-0.4, -0.2) is 56.2 Å². The zero-order valence-corrected chi connectivity index (χ0v) is 15.0. The van der Waals surface area contributed by atoms with Gasteiger partial charge in [0.2, 0.25) is 0 Å². The average molecular weight is 351 g/mol. The number of esters is 1. The molecule has 1 aliphatic rings. The van der Waals surface area contributed by atoms with Gasteiger partial charge in [0, 0.05) is 31.9 Å². The van der Waals surface area contributed by atoms with Gasteiger partial charge in [0.1, 0.15) is 11.9 Å². The summed E-state index contributed by atoms with van der Waals surface area (Å²) in [7, 11) is 1.32. The fourth-order valence-corrected chi connectivity index (χ4v) is 2.89. The quantitative estimate of drug-likeness (QED) is 0.827. The number of methoxy groups -OCH3 is 1. The molecule has 1 aromatic rings. The van der Waals surface area contributed by atoms with E-state index in [0.29, 0.717) is 32.6 Å². The summed E-state index contributed by atoms with van der Waals surface area (Å²) in [6.07, 6.45) is 0.536. The molecule has 0 saturated carbocycles. The maximum atomic E-state index is 13.0. The van der Waals surface area contributed by atoms with E-state index in [2.05, 4.69) is 10.2 Å². The Kier molecular flexibility index (Phi) is 6.61. The van der Waals surface area contributed by atoms with E-state index in [1.54, 1.807) is 17.0 Å². The van der Waals surface area contributed by atoms with E-state index in [0.717, 1.165) is 5.69 Å². The third-order valence-corrected chi connectivity index (χ3v) is 4.25. The standard InChI is InChI=1S/C18H26FN3O3/c1-13(2)12-16(17(23)25-3)20-18(24)22-10-8-21(9-11-22)15-6-4-14(19)5-7-15/h4-7,13,16H,8-12H2,1-3H3,(H,20,24). The number of hydrogen-bond donors (Lipinski definition) is 1. The molecule has 138 valence electrons. The van der Waals surface area contributed by atoms with E-state index in [4.69, 9.17) is 4.74 Å². The number of nitrogens with zero attached hydrogens (tertiary/aromatic N) is 2. The van der Waals surface area contributed by atoms with Crippen molar-refractivity contribution >= 4 is 17.7 Å². The van der Waals surface area contributed by atoms with Crippen LogP contribution in [0.25, 0.3) is 0 Å². The van der Waals surface area contributed by atoms with Crippen LogP contribution >= 0.6 is 0 Å². The number of piperazine rings is 1. The number of benzene rings is 1. The van der Waals surface area contributed by atoms with Crippen molar-refractivity contribution in [3.63, 3.8) is 0 Å². The van der Waals surface area contributed by atoms with Gasteiger partial charge >= 0.3 is 12.0 Å². The minimum Gasteiger partial charge on any atom is -0.467 e. The molecule has 0 aliphatic carbocycles. The van der Waals surface area contributed by atoms with Crippen LogP contribution in [0.1, 0.15) is 20.3 Å². The molecule has 1 saturated heterocycles. The number of urea groups is 1. The van der Waals surface area contributed by atoms with Gasteiger partial charge in [-0.15, -0.1) is 0 Å². The van der Waals surface area contributed by atoms with Gasteiger partial charge in [-0.1, -0.05) is 13.8 Å². The van der Waals surface area contributed by atoms with Crippen molar-refractivity contribution in [3.05, 3.63) is 30.1 Å². The molecule has 2 rings (SSSR count). The molecule has 1 atom stereocenters. The number of hydrogen-bond acceptors (Lipinski definition) is 4. The molecule has 1 aliphatic heterocycles. The molecule has 1 heterocycles. The molecule has 6 nitrogen and oxygen atoms in total. The first-order chi connectivity index (χ1) is 11.9. The monoisotopic (exact) mass is 351 g/mol. The summed E-state index contributed by atoms with van der Waals surface area (Å²) in [6.45, 7) is 6.38. The van der Waals surface area contributed by atoms with Crippen LogP contribution in [0.3, 0.4) is 0 Å². The summed E-state index contributed by atoms with van der Waals surface area (Å²) in [6, 6.07) is 5.45. The molecule has 1 aromatic carbocycles. The van der Waals surface area contributed by atoms with Crippen LogP contribution in [0.5, 0.6) is 0 Å². The zero-order chi connectivity index (χ0) is 18.4. The first-order valence-electron chi connectivity index (χ1n) is 8.54. The van der Waals surface area contributed by atoms with Crippen molar-refractivity contribution in [2.75, 3.05) is 38.2 Å². The Balaban J connectivity index is 1.89. The van der Waals surface area contributed by atoms with Crippen molar-refractivity contribution in [2.45, 2.75) is 26.3 Å². The highest BCUT2D eigenvalue weighted by Crippen LogP contribution is 2.17. The van der Waals surface area contributed by atoms with Gasteiger partial charge < -0.3 is 19.9 Å². The number of carbonyl (C=O) groups is 2. The number of rotatable bonds is 5. The van der Waals surface area contributed by atoms with E-state index in [1.165, 1.54) is 19.2 Å². The summed E-state index contributed by atoms with van der Waals surface area (Å²) in [5, 5.41) is 2.78. The van der Waals surface area contributed by atoms with Gasteiger partial charge in [0.25, 0.3) is 0 Å². The van der Waals surface area contributed by atoms with Gasteiger partial charge in [-0.05, 0) is 36.6 Å². The highest BCUT2D eigenvalue weighted by Gasteiger charge is 2.27. The molecular weight excluding hydrogens is 325 g/mol. The molecular formula is C18H26FN3O3. The highest BCUT2D eigenvalue weighted by atomic mass is 19.1. The molecule has 0 spiro atoms. The number of halogens is 1. The van der Waals surface area contributed by atoms with E-state index in [-0.39, 0.29) is 17.8 Å². The second-order valence-electron chi connectivity index (χ2n) is 6.61. The Morgan fingerprint density at radius 3 is 2.28 bits per heavy atom. The van der Waals surface area contributed by atoms with Crippen molar-refractivity contribution in [1.29, 1.82) is 0 Å². The van der Waals surface area contributed by atoms with Crippen LogP contribution in [-0.2, 0) is 9.53 Å². The Morgan fingerprint density at radius 1 is 1.16 bits per heavy atom. The Hall–Kier alpha value is -2.31. The second kappa shape index (κ2) is 8.69. The van der Waals surface area contributed by atoms with Gasteiger partial charge in [-0.25, -0.2) is 14.0 Å². The number of ether oxygens (including phenoxy) is 1. The third-order valence-electron chi connectivity index (χ3n) is 4.25. The minimum absolute atomic E-state index is 0.255. The van der Waals surface area contributed by atoms with Gasteiger partial charge in [-0.2, -0.15) is 0 Å². The zero-order valence-electron chi connectivity index (χ0n) is 15.0. The van der Waals surface area contributed by atoms with Gasteiger partial charge in [-0.3, -0.25) is 0 Å². The first-order valence-corrected chi connectivity index (χ1v) is 8.54. The van der Waals surface area contributed by atoms with E-state index in [1.807, 2.05) is 13.8 Å². The second-order valence-corrected chi connectivity index (χ2v) is 6.61. The summed E-state index contributed by atoms with van der Waals surface area (Å²) in [4.78, 5) is 28.1. The molecule has 1 N–H and O–H groups in total. The number of nitrogens with one attached hydrogen (secondary N) is 1. The predicted molar refractivity (Wildman–Crippen MR) is 94.0 cm³/mol. The SMILES string of the molecule is COC(=O)C(CC(C)C)NC(=O)N1CCN(c2ccc(F)cc2)CC1. The van der Waals surface area contributed by atoms with Crippen molar-refractivity contribution in [1.82, 2.24) is 10.2 Å². The Bertz CT molecular complexity index is 584. The minimum atomic E-state index is -0.632. The lowest BCUT2D eigenvalue weighted by atomic mass is 10.0.